The fourth-order valence-electron chi connectivity index (χ4n) is 1.98. The Bertz CT molecular complexity index is 250. The summed E-state index contributed by atoms with van der Waals surface area (Å²) in [6.07, 6.45) is 0. The molecule has 80 valence electrons. The predicted molar refractivity (Wildman–Crippen MR) is 57.2 cm³/mol. The Labute approximate surface area is 85.6 Å². The molecule has 0 fully saturated rings. The van der Waals surface area contributed by atoms with Crippen molar-refractivity contribution < 1.29 is 9.28 Å². The summed E-state index contributed by atoms with van der Waals surface area (Å²) in [6.45, 7) is 10.6. The Morgan fingerprint density at radius 3 is 2.79 bits per heavy atom. The van der Waals surface area contributed by atoms with Crippen LogP contribution in [0.1, 0.15) is 20.8 Å². The van der Waals surface area contributed by atoms with Gasteiger partial charge >= 0.3 is 0 Å². The fraction of sp³-hybridized carbons (Fsp3) is 0.800. The van der Waals surface area contributed by atoms with E-state index in [-0.39, 0.29) is 5.91 Å². The molecule has 0 aliphatic carbocycles. The van der Waals surface area contributed by atoms with Gasteiger partial charge in [-0.3, -0.25) is 9.28 Å². The van der Waals surface area contributed by atoms with Crippen molar-refractivity contribution >= 4 is 11.7 Å². The first-order valence-electron chi connectivity index (χ1n) is 5.23. The lowest BCUT2D eigenvalue weighted by Gasteiger charge is -2.32. The number of rotatable bonds is 4. The van der Waals surface area contributed by atoms with Gasteiger partial charge in [-0.25, -0.2) is 4.99 Å². The second-order valence-electron chi connectivity index (χ2n) is 3.82. The van der Waals surface area contributed by atoms with E-state index in [1.807, 2.05) is 0 Å². The summed E-state index contributed by atoms with van der Waals surface area (Å²) in [7, 11) is 0. The van der Waals surface area contributed by atoms with Gasteiger partial charge in [-0.1, -0.05) is 0 Å². The number of hydrogen-bond acceptors (Lipinski definition) is 2. The van der Waals surface area contributed by atoms with Crippen LogP contribution in [0.15, 0.2) is 4.99 Å². The van der Waals surface area contributed by atoms with Crippen molar-refractivity contribution in [1.29, 1.82) is 0 Å². The average Bonchev–Trinajstić information content (AvgIpc) is 2.48. The third-order valence-electron chi connectivity index (χ3n) is 3.07. The molecule has 0 aromatic rings. The van der Waals surface area contributed by atoms with Crippen LogP contribution in [0.5, 0.6) is 0 Å². The van der Waals surface area contributed by atoms with E-state index in [0.29, 0.717) is 0 Å². The molecule has 0 radical (unpaired) electrons. The van der Waals surface area contributed by atoms with E-state index in [9.17, 15) is 4.79 Å². The summed E-state index contributed by atoms with van der Waals surface area (Å²) < 4.78 is 0.945. The summed E-state index contributed by atoms with van der Waals surface area (Å²) in [4.78, 5) is 15.2. The lowest BCUT2D eigenvalue weighted by atomic mass is 10.3. The predicted octanol–water partition coefficient (Wildman–Crippen LogP) is 0.391. The van der Waals surface area contributed by atoms with E-state index < -0.39 is 0 Å². The molecule has 0 saturated carbocycles. The molecule has 4 nitrogen and oxygen atoms in total. The maximum absolute atomic E-state index is 10.7. The van der Waals surface area contributed by atoms with Crippen molar-refractivity contribution in [3.05, 3.63) is 0 Å². The number of hydrogen-bond donors (Lipinski definition) is 1. The Kier molecular flexibility index (Phi) is 3.63. The number of likely N-dealkylation sites (N-methyl/N-ethyl adjacent to an activating group) is 1. The minimum Gasteiger partial charge on any atom is -0.351 e. The third kappa shape index (κ3) is 2.32. The molecule has 1 heterocycles. The van der Waals surface area contributed by atoms with Gasteiger partial charge in [-0.15, -0.1) is 0 Å². The molecule has 14 heavy (non-hydrogen) atoms. The molecule has 0 aromatic carbocycles. The zero-order valence-electron chi connectivity index (χ0n) is 9.34. The number of nitrogens with zero attached hydrogens (tertiary/aromatic N) is 2. The van der Waals surface area contributed by atoms with Crippen molar-refractivity contribution in [2.75, 3.05) is 32.7 Å². The standard InChI is InChI=1S/C10H19N3O/c1-4-13(7-5-11-9(13)2)8-6-12-10(3)14/h4-8H2,1-3H3/p+1. The molecule has 1 atom stereocenters. The lowest BCUT2D eigenvalue weighted by Crippen LogP contribution is -2.53. The van der Waals surface area contributed by atoms with Crippen LogP contribution in [0.25, 0.3) is 0 Å². The van der Waals surface area contributed by atoms with E-state index in [0.717, 1.165) is 37.2 Å². The molecule has 1 unspecified atom stereocenters. The highest BCUT2D eigenvalue weighted by molar-refractivity contribution is 5.74. The van der Waals surface area contributed by atoms with E-state index in [1.165, 1.54) is 5.84 Å². The Balaban J connectivity index is 2.46. The van der Waals surface area contributed by atoms with Crippen LogP contribution in [-0.2, 0) is 4.79 Å². The molecule has 1 amide bonds. The molecule has 4 heteroatoms. The Morgan fingerprint density at radius 2 is 2.36 bits per heavy atom. The van der Waals surface area contributed by atoms with Crippen molar-refractivity contribution in [2.45, 2.75) is 20.8 Å². The van der Waals surface area contributed by atoms with Crippen LogP contribution < -0.4 is 5.32 Å². The number of quaternary nitrogens is 1. The summed E-state index contributed by atoms with van der Waals surface area (Å²) >= 11 is 0. The maximum atomic E-state index is 10.7. The monoisotopic (exact) mass is 198 g/mol. The van der Waals surface area contributed by atoms with E-state index in [2.05, 4.69) is 24.2 Å². The van der Waals surface area contributed by atoms with Crippen LogP contribution in [-0.4, -0.2) is 48.9 Å². The molecular formula is C10H20N3O+. The largest absolute Gasteiger partial charge is 0.351 e. The van der Waals surface area contributed by atoms with Gasteiger partial charge in [0.15, 0.2) is 5.84 Å². The second-order valence-corrected chi connectivity index (χ2v) is 3.82. The highest BCUT2D eigenvalue weighted by atomic mass is 16.1. The Hall–Kier alpha value is -0.900. The first-order chi connectivity index (χ1) is 6.60. The summed E-state index contributed by atoms with van der Waals surface area (Å²) in [5, 5.41) is 2.84. The Morgan fingerprint density at radius 1 is 1.64 bits per heavy atom. The first-order valence-corrected chi connectivity index (χ1v) is 5.23. The van der Waals surface area contributed by atoms with Crippen molar-refractivity contribution in [3.8, 4) is 0 Å². The van der Waals surface area contributed by atoms with Gasteiger partial charge in [-0.2, -0.15) is 0 Å². The smallest absolute Gasteiger partial charge is 0.217 e. The minimum absolute atomic E-state index is 0.0491. The number of carbonyl (C=O) groups is 1. The number of amidine groups is 1. The van der Waals surface area contributed by atoms with Gasteiger partial charge in [0, 0.05) is 13.8 Å². The second kappa shape index (κ2) is 4.55. The zero-order chi connectivity index (χ0) is 10.6. The highest BCUT2D eigenvalue weighted by Crippen LogP contribution is 2.13. The van der Waals surface area contributed by atoms with Gasteiger partial charge in [0.2, 0.25) is 5.91 Å². The van der Waals surface area contributed by atoms with Gasteiger partial charge in [0.05, 0.1) is 19.6 Å². The topological polar surface area (TPSA) is 41.5 Å². The summed E-state index contributed by atoms with van der Waals surface area (Å²) in [5.41, 5.74) is 0. The zero-order valence-corrected chi connectivity index (χ0v) is 9.34. The van der Waals surface area contributed by atoms with Gasteiger partial charge in [0.25, 0.3) is 0 Å². The number of nitrogens with one attached hydrogen (secondary N) is 1. The van der Waals surface area contributed by atoms with Crippen molar-refractivity contribution in [1.82, 2.24) is 5.32 Å². The third-order valence-corrected chi connectivity index (χ3v) is 3.07. The number of amides is 1. The van der Waals surface area contributed by atoms with Gasteiger partial charge < -0.3 is 5.32 Å². The quantitative estimate of drug-likeness (QED) is 0.652. The fourth-order valence-corrected chi connectivity index (χ4v) is 1.98. The van der Waals surface area contributed by atoms with Crippen molar-refractivity contribution in [3.63, 3.8) is 0 Å². The van der Waals surface area contributed by atoms with Crippen LogP contribution in [0.4, 0.5) is 0 Å². The van der Waals surface area contributed by atoms with Gasteiger partial charge in [0.1, 0.15) is 13.1 Å². The number of carbonyl (C=O) groups excluding carboxylic acids is 1. The molecule has 1 N–H and O–H groups in total. The van der Waals surface area contributed by atoms with Crippen LogP contribution in [0, 0.1) is 0 Å². The highest BCUT2D eigenvalue weighted by Gasteiger charge is 2.32. The van der Waals surface area contributed by atoms with E-state index in [4.69, 9.17) is 0 Å². The first kappa shape index (κ1) is 11.2. The normalized spacial score (nSPS) is 26.1. The molecular weight excluding hydrogens is 178 g/mol. The molecule has 0 saturated heterocycles. The average molecular weight is 198 g/mol. The van der Waals surface area contributed by atoms with Crippen molar-refractivity contribution in [2.24, 2.45) is 4.99 Å². The molecule has 1 aliphatic rings. The number of aliphatic imine (C=N–C) groups is 1. The van der Waals surface area contributed by atoms with Crippen LogP contribution >= 0.6 is 0 Å². The molecule has 0 bridgehead atoms. The van der Waals surface area contributed by atoms with Crippen LogP contribution in [0.2, 0.25) is 0 Å². The molecule has 0 spiro atoms. The maximum Gasteiger partial charge on any atom is 0.217 e. The van der Waals surface area contributed by atoms with Gasteiger partial charge in [-0.05, 0) is 6.92 Å². The lowest BCUT2D eigenvalue weighted by molar-refractivity contribution is -0.832. The van der Waals surface area contributed by atoms with E-state index >= 15 is 0 Å². The molecule has 1 rings (SSSR count). The minimum atomic E-state index is 0.0491. The summed E-state index contributed by atoms with van der Waals surface area (Å²) in [6, 6.07) is 0. The SMILES string of the molecule is CC[N+]1(CCNC(C)=O)CCN=C1C. The van der Waals surface area contributed by atoms with E-state index in [1.54, 1.807) is 6.92 Å². The molecule has 1 aliphatic heterocycles. The summed E-state index contributed by atoms with van der Waals surface area (Å²) in [5.74, 6) is 1.26. The molecule has 0 aromatic heterocycles. The van der Waals surface area contributed by atoms with Crippen LogP contribution in [0.3, 0.4) is 0 Å².